The smallest absolute Gasteiger partial charge is 0.166 e. The lowest BCUT2D eigenvalue weighted by Gasteiger charge is -2.27. The molecule has 0 spiro atoms. The van der Waals surface area contributed by atoms with E-state index >= 15 is 0 Å². The molecule has 1 saturated carbocycles. The number of hydrogen-bond acceptors (Lipinski definition) is 0. The Morgan fingerprint density at radius 1 is 0.929 bits per heavy atom. The Balaban J connectivity index is 1.76. The van der Waals surface area contributed by atoms with Crippen molar-refractivity contribution in [2.45, 2.75) is 84.0 Å². The van der Waals surface area contributed by atoms with Crippen LogP contribution in [0.4, 0.5) is 8.78 Å². The standard InChI is InChI=1S/C26H34F2/c1-3-5-7-9-19-11-14-21(15-12-19)24-18-22-16-13-20(10-8-6-4-2)17-23(22)25(27)26(24)28/h7,9,13,16-19,21H,3-6,8,10-12,14-15H2,1-2H3/b9-7+. The first kappa shape index (κ1) is 21.0. The Hall–Kier alpha value is -1.70. The van der Waals surface area contributed by atoms with E-state index in [4.69, 9.17) is 0 Å². The first-order chi connectivity index (χ1) is 13.6. The molecule has 0 amide bonds. The zero-order chi connectivity index (χ0) is 19.9. The molecule has 0 aliphatic heterocycles. The third-order valence-electron chi connectivity index (χ3n) is 6.26. The number of fused-ring (bicyclic) bond motifs is 1. The molecule has 28 heavy (non-hydrogen) atoms. The lowest BCUT2D eigenvalue weighted by molar-refractivity contribution is 0.364. The van der Waals surface area contributed by atoms with Gasteiger partial charge in [0.25, 0.3) is 0 Å². The molecule has 0 radical (unpaired) electrons. The third-order valence-corrected chi connectivity index (χ3v) is 6.26. The van der Waals surface area contributed by atoms with E-state index in [0.717, 1.165) is 62.3 Å². The minimum atomic E-state index is -0.658. The lowest BCUT2D eigenvalue weighted by Crippen LogP contribution is -2.13. The number of aryl methyl sites for hydroxylation is 1. The van der Waals surface area contributed by atoms with Crippen LogP contribution in [-0.2, 0) is 6.42 Å². The Bertz CT molecular complexity index is 798. The van der Waals surface area contributed by atoms with Crippen molar-refractivity contribution in [2.24, 2.45) is 5.92 Å². The van der Waals surface area contributed by atoms with Gasteiger partial charge in [0.05, 0.1) is 0 Å². The molecule has 0 N–H and O–H groups in total. The first-order valence-electron chi connectivity index (χ1n) is 11.2. The van der Waals surface area contributed by atoms with Gasteiger partial charge in [-0.05, 0) is 85.4 Å². The average molecular weight is 385 g/mol. The first-order valence-corrected chi connectivity index (χ1v) is 11.2. The third kappa shape index (κ3) is 5.01. The van der Waals surface area contributed by atoms with Crippen molar-refractivity contribution >= 4 is 10.8 Å². The summed E-state index contributed by atoms with van der Waals surface area (Å²) in [6, 6.07) is 7.81. The maximum Gasteiger partial charge on any atom is 0.166 e. The van der Waals surface area contributed by atoms with E-state index in [1.54, 1.807) is 0 Å². The van der Waals surface area contributed by atoms with Gasteiger partial charge in [0.1, 0.15) is 0 Å². The van der Waals surface area contributed by atoms with Gasteiger partial charge in [-0.3, -0.25) is 0 Å². The van der Waals surface area contributed by atoms with Gasteiger partial charge in [-0.25, -0.2) is 8.78 Å². The number of hydrogen-bond donors (Lipinski definition) is 0. The van der Waals surface area contributed by atoms with Crippen molar-refractivity contribution in [2.75, 3.05) is 0 Å². The summed E-state index contributed by atoms with van der Waals surface area (Å²) in [6.45, 7) is 4.36. The molecule has 2 heteroatoms. The van der Waals surface area contributed by atoms with Crippen LogP contribution in [0.1, 0.15) is 88.7 Å². The van der Waals surface area contributed by atoms with Gasteiger partial charge in [-0.15, -0.1) is 0 Å². The van der Waals surface area contributed by atoms with Crippen LogP contribution >= 0.6 is 0 Å². The van der Waals surface area contributed by atoms with Crippen molar-refractivity contribution < 1.29 is 8.78 Å². The van der Waals surface area contributed by atoms with Gasteiger partial charge < -0.3 is 0 Å². The van der Waals surface area contributed by atoms with Crippen LogP contribution in [0.3, 0.4) is 0 Å². The van der Waals surface area contributed by atoms with Crippen molar-refractivity contribution in [1.82, 2.24) is 0 Å². The number of unbranched alkanes of at least 4 members (excludes halogenated alkanes) is 3. The molecule has 1 aliphatic carbocycles. The van der Waals surface area contributed by atoms with Crippen molar-refractivity contribution in [3.63, 3.8) is 0 Å². The van der Waals surface area contributed by atoms with E-state index in [2.05, 4.69) is 32.1 Å². The predicted octanol–water partition coefficient (Wildman–Crippen LogP) is 8.48. The van der Waals surface area contributed by atoms with E-state index in [-0.39, 0.29) is 5.92 Å². The maximum atomic E-state index is 14.9. The fraction of sp³-hybridized carbons (Fsp3) is 0.538. The van der Waals surface area contributed by atoms with E-state index in [0.29, 0.717) is 16.9 Å². The molecule has 0 unspecified atom stereocenters. The summed E-state index contributed by atoms with van der Waals surface area (Å²) in [5, 5.41) is 1.27. The van der Waals surface area contributed by atoms with Gasteiger partial charge in [0, 0.05) is 5.39 Å². The highest BCUT2D eigenvalue weighted by Gasteiger charge is 2.25. The quantitative estimate of drug-likeness (QED) is 0.316. The molecular formula is C26H34F2. The number of rotatable bonds is 8. The molecule has 0 atom stereocenters. The van der Waals surface area contributed by atoms with Crippen molar-refractivity contribution in [1.29, 1.82) is 0 Å². The van der Waals surface area contributed by atoms with Crippen molar-refractivity contribution in [3.8, 4) is 0 Å². The Morgan fingerprint density at radius 3 is 2.43 bits per heavy atom. The van der Waals surface area contributed by atoms with E-state index in [1.165, 1.54) is 12.8 Å². The van der Waals surface area contributed by atoms with Gasteiger partial charge in [-0.2, -0.15) is 0 Å². The van der Waals surface area contributed by atoms with Gasteiger partial charge in [0.15, 0.2) is 11.6 Å². The molecule has 152 valence electrons. The van der Waals surface area contributed by atoms with Gasteiger partial charge in [0.2, 0.25) is 0 Å². The maximum absolute atomic E-state index is 14.9. The Labute approximate surface area is 169 Å². The summed E-state index contributed by atoms with van der Waals surface area (Å²) in [6.07, 6.45) is 15.3. The van der Waals surface area contributed by atoms with Crippen LogP contribution in [0.15, 0.2) is 36.4 Å². The van der Waals surface area contributed by atoms with Crippen molar-refractivity contribution in [3.05, 3.63) is 59.2 Å². The Morgan fingerprint density at radius 2 is 1.71 bits per heavy atom. The van der Waals surface area contributed by atoms with Crippen LogP contribution in [0.2, 0.25) is 0 Å². The number of halogens is 2. The molecule has 0 nitrogen and oxygen atoms in total. The molecule has 2 aromatic carbocycles. The number of allylic oxidation sites excluding steroid dienone is 2. The predicted molar refractivity (Wildman–Crippen MR) is 116 cm³/mol. The summed E-state index contributed by atoms with van der Waals surface area (Å²) in [5.74, 6) is -0.543. The minimum Gasteiger partial charge on any atom is -0.203 e. The molecule has 0 bridgehead atoms. The summed E-state index contributed by atoms with van der Waals surface area (Å²) < 4.78 is 29.8. The molecule has 1 fully saturated rings. The van der Waals surface area contributed by atoms with Gasteiger partial charge in [-0.1, -0.05) is 57.4 Å². The molecule has 3 rings (SSSR count). The fourth-order valence-electron chi connectivity index (χ4n) is 4.50. The van der Waals surface area contributed by atoms with Crippen LogP contribution < -0.4 is 0 Å². The minimum absolute atomic E-state index is 0.138. The zero-order valence-electron chi connectivity index (χ0n) is 17.4. The van der Waals surface area contributed by atoms with Crippen LogP contribution in [0.5, 0.6) is 0 Å². The monoisotopic (exact) mass is 384 g/mol. The largest absolute Gasteiger partial charge is 0.203 e. The molecule has 0 saturated heterocycles. The molecule has 2 aromatic rings. The van der Waals surface area contributed by atoms with E-state index in [9.17, 15) is 8.78 Å². The van der Waals surface area contributed by atoms with Crippen LogP contribution in [-0.4, -0.2) is 0 Å². The summed E-state index contributed by atoms with van der Waals surface area (Å²) >= 11 is 0. The fourth-order valence-corrected chi connectivity index (χ4v) is 4.50. The second-order valence-electron chi connectivity index (χ2n) is 8.43. The summed E-state index contributed by atoms with van der Waals surface area (Å²) in [5.41, 5.74) is 1.69. The topological polar surface area (TPSA) is 0 Å². The summed E-state index contributed by atoms with van der Waals surface area (Å²) in [4.78, 5) is 0. The zero-order valence-corrected chi connectivity index (χ0v) is 17.4. The highest BCUT2D eigenvalue weighted by atomic mass is 19.2. The molecule has 0 heterocycles. The highest BCUT2D eigenvalue weighted by Crippen LogP contribution is 2.39. The second-order valence-corrected chi connectivity index (χ2v) is 8.43. The normalized spacial score (nSPS) is 20.3. The van der Waals surface area contributed by atoms with Gasteiger partial charge >= 0.3 is 0 Å². The van der Waals surface area contributed by atoms with Crippen LogP contribution in [0, 0.1) is 17.6 Å². The van der Waals surface area contributed by atoms with E-state index < -0.39 is 11.6 Å². The Kier molecular flexibility index (Phi) is 7.65. The molecule has 1 aliphatic rings. The summed E-state index contributed by atoms with van der Waals surface area (Å²) in [7, 11) is 0. The SMILES string of the molecule is CCC/C=C/C1CCC(c2cc3ccc(CCCCC)cc3c(F)c2F)CC1. The second kappa shape index (κ2) is 10.2. The average Bonchev–Trinajstić information content (AvgIpc) is 2.72. The lowest BCUT2D eigenvalue weighted by atomic mass is 9.78. The molecular weight excluding hydrogens is 350 g/mol. The van der Waals surface area contributed by atoms with Crippen LogP contribution in [0.25, 0.3) is 10.8 Å². The number of benzene rings is 2. The molecule has 0 aromatic heterocycles. The highest BCUT2D eigenvalue weighted by molar-refractivity contribution is 5.85. The van der Waals surface area contributed by atoms with E-state index in [1.807, 2.05) is 18.2 Å².